The lowest BCUT2D eigenvalue weighted by molar-refractivity contribution is -0.165. The molecule has 0 aromatic heterocycles. The van der Waals surface area contributed by atoms with Gasteiger partial charge in [-0.25, -0.2) is 0 Å². The molecular weight excluding hydrogens is 256 g/mol. The van der Waals surface area contributed by atoms with Gasteiger partial charge in [-0.15, -0.1) is 0 Å². The molecule has 1 saturated heterocycles. The highest BCUT2D eigenvalue weighted by atomic mass is 16.6. The van der Waals surface area contributed by atoms with Crippen molar-refractivity contribution >= 4 is 5.91 Å². The molecule has 2 atom stereocenters. The molecule has 1 amide bonds. The van der Waals surface area contributed by atoms with Crippen molar-refractivity contribution in [3.8, 4) is 0 Å². The Morgan fingerprint density at radius 2 is 2.15 bits per heavy atom. The van der Waals surface area contributed by atoms with Crippen LogP contribution in [0, 0.1) is 0 Å². The van der Waals surface area contributed by atoms with Crippen LogP contribution in [0.15, 0.2) is 0 Å². The molecule has 2 unspecified atom stereocenters. The van der Waals surface area contributed by atoms with Gasteiger partial charge >= 0.3 is 0 Å². The van der Waals surface area contributed by atoms with Crippen LogP contribution >= 0.6 is 0 Å². The second kappa shape index (κ2) is 7.38. The Morgan fingerprint density at radius 3 is 2.75 bits per heavy atom. The molecular formula is C15H28N2O3. The summed E-state index contributed by atoms with van der Waals surface area (Å²) in [7, 11) is 0. The van der Waals surface area contributed by atoms with E-state index in [2.05, 4.69) is 5.32 Å². The van der Waals surface area contributed by atoms with Gasteiger partial charge in [0.1, 0.15) is 11.7 Å². The van der Waals surface area contributed by atoms with Crippen LogP contribution in [0.25, 0.3) is 0 Å². The van der Waals surface area contributed by atoms with Gasteiger partial charge in [-0.1, -0.05) is 19.3 Å². The minimum atomic E-state index is -0.485. The van der Waals surface area contributed by atoms with Crippen LogP contribution in [0.1, 0.15) is 51.9 Å². The normalized spacial score (nSPS) is 29.9. The van der Waals surface area contributed by atoms with E-state index in [1.54, 1.807) is 0 Å². The van der Waals surface area contributed by atoms with Gasteiger partial charge in [-0.05, 0) is 32.6 Å². The first-order chi connectivity index (χ1) is 9.65. The molecule has 20 heavy (non-hydrogen) atoms. The van der Waals surface area contributed by atoms with E-state index in [0.29, 0.717) is 19.2 Å². The number of carbonyl (C=O) groups excluding carboxylic acids is 1. The number of nitrogens with one attached hydrogen (secondary N) is 1. The van der Waals surface area contributed by atoms with Crippen molar-refractivity contribution in [3.05, 3.63) is 0 Å². The average molecular weight is 284 g/mol. The molecule has 2 aliphatic rings. The molecule has 0 aromatic rings. The molecule has 1 aliphatic heterocycles. The zero-order valence-electron chi connectivity index (χ0n) is 12.5. The van der Waals surface area contributed by atoms with Crippen LogP contribution in [0.4, 0.5) is 0 Å². The lowest BCUT2D eigenvalue weighted by Crippen LogP contribution is -2.53. The molecule has 0 radical (unpaired) electrons. The van der Waals surface area contributed by atoms with Crippen LogP contribution in [0.3, 0.4) is 0 Å². The first-order valence-corrected chi connectivity index (χ1v) is 7.91. The van der Waals surface area contributed by atoms with Crippen molar-refractivity contribution in [1.82, 2.24) is 5.32 Å². The largest absolute Gasteiger partial charge is 0.378 e. The number of hydrogen-bond donors (Lipinski definition) is 2. The minimum absolute atomic E-state index is 0.0182. The number of rotatable bonds is 5. The molecule has 0 aromatic carbocycles. The first kappa shape index (κ1) is 15.7. The standard InChI is InChI=1S/C15H28N2O3/c1-12(14(18)17-13-6-3-2-4-7-13)20-15(10-16)8-5-9-19-11-15/h12-13H,2-11,16H2,1H3,(H,17,18). The number of nitrogens with two attached hydrogens (primary N) is 1. The van der Waals surface area contributed by atoms with Crippen LogP contribution < -0.4 is 11.1 Å². The molecule has 0 spiro atoms. The molecule has 2 rings (SSSR count). The average Bonchev–Trinajstić information content (AvgIpc) is 2.49. The molecule has 2 fully saturated rings. The summed E-state index contributed by atoms with van der Waals surface area (Å²) in [4.78, 5) is 12.2. The molecule has 1 aliphatic carbocycles. The minimum Gasteiger partial charge on any atom is -0.378 e. The van der Waals surface area contributed by atoms with E-state index >= 15 is 0 Å². The summed E-state index contributed by atoms with van der Waals surface area (Å²) in [5, 5.41) is 3.10. The predicted octanol–water partition coefficient (Wildman–Crippen LogP) is 1.35. The molecule has 1 heterocycles. The number of ether oxygens (including phenoxy) is 2. The van der Waals surface area contributed by atoms with Crippen molar-refractivity contribution < 1.29 is 14.3 Å². The summed E-state index contributed by atoms with van der Waals surface area (Å²) in [5.74, 6) is -0.0182. The van der Waals surface area contributed by atoms with E-state index in [0.717, 1.165) is 32.3 Å². The number of carbonyl (C=O) groups is 1. The number of amides is 1. The smallest absolute Gasteiger partial charge is 0.249 e. The zero-order chi connectivity index (χ0) is 14.4. The Hall–Kier alpha value is -0.650. The fourth-order valence-corrected chi connectivity index (χ4v) is 3.12. The maximum absolute atomic E-state index is 12.2. The Bertz CT molecular complexity index is 310. The number of hydrogen-bond acceptors (Lipinski definition) is 4. The van der Waals surface area contributed by atoms with Crippen molar-refractivity contribution in [2.45, 2.75) is 69.6 Å². The Morgan fingerprint density at radius 1 is 1.40 bits per heavy atom. The van der Waals surface area contributed by atoms with Crippen molar-refractivity contribution in [2.75, 3.05) is 19.8 Å². The highest BCUT2D eigenvalue weighted by Crippen LogP contribution is 2.24. The molecule has 3 N–H and O–H groups in total. The third-order valence-corrected chi connectivity index (χ3v) is 4.41. The van der Waals surface area contributed by atoms with E-state index < -0.39 is 11.7 Å². The maximum atomic E-state index is 12.2. The topological polar surface area (TPSA) is 73.6 Å². The van der Waals surface area contributed by atoms with Crippen molar-refractivity contribution in [1.29, 1.82) is 0 Å². The summed E-state index contributed by atoms with van der Waals surface area (Å²) >= 11 is 0. The highest BCUT2D eigenvalue weighted by Gasteiger charge is 2.36. The van der Waals surface area contributed by atoms with Crippen LogP contribution in [-0.2, 0) is 14.3 Å². The van der Waals surface area contributed by atoms with Crippen LogP contribution in [-0.4, -0.2) is 43.4 Å². The molecule has 0 bridgehead atoms. The SMILES string of the molecule is CC(OC1(CN)CCCOC1)C(=O)NC1CCCCC1. The Kier molecular flexibility index (Phi) is 5.81. The van der Waals surface area contributed by atoms with Gasteiger partial charge in [0.15, 0.2) is 0 Å². The summed E-state index contributed by atoms with van der Waals surface area (Å²) in [6, 6.07) is 0.318. The summed E-state index contributed by atoms with van der Waals surface area (Å²) in [6.07, 6.45) is 7.21. The third kappa shape index (κ3) is 4.17. The lowest BCUT2D eigenvalue weighted by atomic mass is 9.95. The second-order valence-electron chi connectivity index (χ2n) is 6.15. The molecule has 5 heteroatoms. The summed E-state index contributed by atoms with van der Waals surface area (Å²) in [6.45, 7) is 3.45. The van der Waals surface area contributed by atoms with Gasteiger partial charge in [0.25, 0.3) is 0 Å². The Balaban J connectivity index is 1.82. The van der Waals surface area contributed by atoms with Crippen molar-refractivity contribution in [2.24, 2.45) is 5.73 Å². The van der Waals surface area contributed by atoms with Crippen molar-refractivity contribution in [3.63, 3.8) is 0 Å². The van der Waals surface area contributed by atoms with Crippen LogP contribution in [0.2, 0.25) is 0 Å². The monoisotopic (exact) mass is 284 g/mol. The van der Waals surface area contributed by atoms with E-state index in [9.17, 15) is 4.79 Å². The first-order valence-electron chi connectivity index (χ1n) is 7.91. The lowest BCUT2D eigenvalue weighted by Gasteiger charge is -2.38. The molecule has 5 nitrogen and oxygen atoms in total. The van der Waals surface area contributed by atoms with E-state index in [-0.39, 0.29) is 5.91 Å². The predicted molar refractivity (Wildman–Crippen MR) is 77.4 cm³/mol. The quantitative estimate of drug-likeness (QED) is 0.799. The van der Waals surface area contributed by atoms with Gasteiger partial charge in [-0.3, -0.25) is 4.79 Å². The van der Waals surface area contributed by atoms with Gasteiger partial charge in [0.2, 0.25) is 5.91 Å². The van der Waals surface area contributed by atoms with Gasteiger partial charge < -0.3 is 20.5 Å². The third-order valence-electron chi connectivity index (χ3n) is 4.41. The summed E-state index contributed by atoms with van der Waals surface area (Å²) in [5.41, 5.74) is 5.35. The fourth-order valence-electron chi connectivity index (χ4n) is 3.12. The van der Waals surface area contributed by atoms with Gasteiger partial charge in [-0.2, -0.15) is 0 Å². The van der Waals surface area contributed by atoms with Gasteiger partial charge in [0, 0.05) is 19.2 Å². The van der Waals surface area contributed by atoms with E-state index in [1.165, 1.54) is 19.3 Å². The summed E-state index contributed by atoms with van der Waals surface area (Å²) < 4.78 is 11.4. The second-order valence-corrected chi connectivity index (χ2v) is 6.15. The van der Waals surface area contributed by atoms with E-state index in [1.807, 2.05) is 6.92 Å². The maximum Gasteiger partial charge on any atom is 0.249 e. The Labute approximate surface area is 121 Å². The highest BCUT2D eigenvalue weighted by molar-refractivity contribution is 5.80. The molecule has 116 valence electrons. The van der Waals surface area contributed by atoms with Gasteiger partial charge in [0.05, 0.1) is 6.61 Å². The fraction of sp³-hybridized carbons (Fsp3) is 0.933. The zero-order valence-corrected chi connectivity index (χ0v) is 12.5. The van der Waals surface area contributed by atoms with E-state index in [4.69, 9.17) is 15.2 Å². The molecule has 1 saturated carbocycles. The van der Waals surface area contributed by atoms with Crippen LogP contribution in [0.5, 0.6) is 0 Å².